The Morgan fingerprint density at radius 1 is 0.729 bits per heavy atom. The molecule has 8 aromatic rings. The van der Waals surface area contributed by atoms with Crippen molar-refractivity contribution in [1.29, 1.82) is 10.5 Å². The summed E-state index contributed by atoms with van der Waals surface area (Å²) in [6.45, 7) is 7.20. The summed E-state index contributed by atoms with van der Waals surface area (Å²) >= 11 is 0. The molecule has 0 unspecified atom stereocenters. The molecule has 15 heteroatoms. The zero-order valence-corrected chi connectivity index (χ0v) is 39.0. The minimum Gasteiger partial charge on any atom is -0.395 e. The number of benzene rings is 4. The van der Waals surface area contributed by atoms with Gasteiger partial charge < -0.3 is 29.8 Å². The molecule has 0 amide bonds. The number of fused-ring (bicyclic) bond motifs is 10. The van der Waals surface area contributed by atoms with Gasteiger partial charge in [-0.05, 0) is 134 Å². The Bertz CT molecular complexity index is 3280. The number of hydrogen-bond acceptors (Lipinski definition) is 11. The van der Waals surface area contributed by atoms with Crippen LogP contribution in [0.5, 0.6) is 0 Å². The Morgan fingerprint density at radius 2 is 1.39 bits per heavy atom. The van der Waals surface area contributed by atoms with Crippen LogP contribution in [0.15, 0.2) is 122 Å². The average molecular weight is 927 g/mol. The smallest absolute Gasteiger partial charge is 0.185 e. The van der Waals surface area contributed by atoms with Crippen LogP contribution in [0.3, 0.4) is 0 Å². The summed E-state index contributed by atoms with van der Waals surface area (Å²) in [4.78, 5) is 10.00. The molecule has 2 saturated heterocycles. The van der Waals surface area contributed by atoms with Gasteiger partial charge in [0.05, 0.1) is 64.5 Å². The van der Waals surface area contributed by atoms with Crippen molar-refractivity contribution in [3.63, 3.8) is 0 Å². The Kier molecular flexibility index (Phi) is 11.6. The number of piperidine rings is 2. The van der Waals surface area contributed by atoms with Gasteiger partial charge in [0.15, 0.2) is 11.6 Å². The molecule has 0 aliphatic carbocycles. The molecular formula is C55H54N14O. The minimum absolute atomic E-state index is 0.0911. The van der Waals surface area contributed by atoms with E-state index in [1.807, 2.05) is 54.7 Å². The average Bonchev–Trinajstić information content (AvgIpc) is 4.22. The highest BCUT2D eigenvalue weighted by molar-refractivity contribution is 5.74. The molecule has 4 aliphatic rings. The first kappa shape index (κ1) is 43.5. The number of aliphatic hydroxyl groups excluding tert-OH is 1. The number of aliphatic hydroxyl groups is 1. The van der Waals surface area contributed by atoms with E-state index in [1.165, 1.54) is 16.8 Å². The molecule has 0 bridgehead atoms. The summed E-state index contributed by atoms with van der Waals surface area (Å²) in [5, 5.41) is 49.0. The Labute approximate surface area is 406 Å². The van der Waals surface area contributed by atoms with Gasteiger partial charge in [0.1, 0.15) is 6.33 Å². The van der Waals surface area contributed by atoms with Gasteiger partial charge in [0, 0.05) is 92.9 Å². The zero-order chi connectivity index (χ0) is 47.1. The molecular weight excluding hydrogens is 873 g/mol. The van der Waals surface area contributed by atoms with E-state index in [2.05, 4.69) is 127 Å². The summed E-state index contributed by atoms with van der Waals surface area (Å²) in [5.41, 5.74) is 15.6. The molecule has 0 spiro atoms. The first-order valence-electron chi connectivity index (χ1n) is 24.4. The van der Waals surface area contributed by atoms with Crippen LogP contribution in [-0.2, 0) is 19.6 Å². The highest BCUT2D eigenvalue weighted by Gasteiger charge is 2.29. The van der Waals surface area contributed by atoms with Crippen LogP contribution in [0.1, 0.15) is 53.6 Å². The van der Waals surface area contributed by atoms with Crippen molar-refractivity contribution in [2.75, 3.05) is 56.2 Å². The molecule has 4 aromatic carbocycles. The Balaban J connectivity index is 0.750. The van der Waals surface area contributed by atoms with E-state index in [-0.39, 0.29) is 6.61 Å². The molecule has 0 radical (unpaired) electrons. The second-order valence-corrected chi connectivity index (χ2v) is 19.0. The summed E-state index contributed by atoms with van der Waals surface area (Å²) in [6.07, 6.45) is 12.3. The lowest BCUT2D eigenvalue weighted by molar-refractivity contribution is 0.122. The minimum atomic E-state index is 0.0911. The molecule has 4 N–H and O–H groups in total. The van der Waals surface area contributed by atoms with Gasteiger partial charge in [0.25, 0.3) is 0 Å². The molecule has 12 rings (SSSR count). The fraction of sp³-hybridized carbons (Fsp3) is 0.291. The van der Waals surface area contributed by atoms with Crippen molar-refractivity contribution < 1.29 is 5.11 Å². The van der Waals surface area contributed by atoms with E-state index in [9.17, 15) is 15.6 Å². The Hall–Kier alpha value is -7.79. The number of rotatable bonds is 12. The van der Waals surface area contributed by atoms with E-state index < -0.39 is 0 Å². The molecule has 350 valence electrons. The fourth-order valence-corrected chi connectivity index (χ4v) is 11.1. The third-order valence-electron chi connectivity index (χ3n) is 14.7. The van der Waals surface area contributed by atoms with Gasteiger partial charge in [0.2, 0.25) is 0 Å². The van der Waals surface area contributed by atoms with Gasteiger partial charge in [-0.2, -0.15) is 10.5 Å². The van der Waals surface area contributed by atoms with Crippen LogP contribution in [0.25, 0.3) is 56.7 Å². The predicted molar refractivity (Wildman–Crippen MR) is 271 cm³/mol. The number of nitriles is 2. The van der Waals surface area contributed by atoms with Gasteiger partial charge in [-0.1, -0.05) is 24.3 Å². The number of anilines is 2. The maximum Gasteiger partial charge on any atom is 0.185 e. The van der Waals surface area contributed by atoms with E-state index in [1.54, 1.807) is 6.33 Å². The van der Waals surface area contributed by atoms with Crippen molar-refractivity contribution in [3.8, 4) is 68.8 Å². The second-order valence-electron chi connectivity index (χ2n) is 19.0. The quantitative estimate of drug-likeness (QED) is 0.0904. The molecule has 2 fully saturated rings. The van der Waals surface area contributed by atoms with Gasteiger partial charge in [-0.15, -0.1) is 10.2 Å². The summed E-state index contributed by atoms with van der Waals surface area (Å²) in [5.74, 6) is 1.70. The highest BCUT2D eigenvalue weighted by Crippen LogP contribution is 2.38. The number of aromatic nitrogens is 7. The monoisotopic (exact) mass is 926 g/mol. The summed E-state index contributed by atoms with van der Waals surface area (Å²) in [6, 6.07) is 38.6. The molecule has 4 aromatic heterocycles. The van der Waals surface area contributed by atoms with E-state index in [4.69, 9.17) is 4.98 Å². The zero-order valence-electron chi connectivity index (χ0n) is 39.0. The van der Waals surface area contributed by atoms with E-state index in [0.717, 1.165) is 120 Å². The molecule has 0 atom stereocenters. The van der Waals surface area contributed by atoms with E-state index >= 15 is 0 Å². The summed E-state index contributed by atoms with van der Waals surface area (Å²) in [7, 11) is 0. The lowest BCUT2D eigenvalue weighted by Gasteiger charge is -2.39. The van der Waals surface area contributed by atoms with Crippen LogP contribution in [0.2, 0.25) is 0 Å². The standard InChI is InChI=1S/C55H54N14O/c56-27-37-1-5-39(6-2-37)41-25-52-54-60-30-49(69(54)51-11-9-46(23-43(51)33-66(52)31-41)62-45-13-17-58-18-14-45)29-59-35-65(21-22-70)47-15-19-64(20-16-47)48-10-12-50-44(24-48)34-67-32-42(40-7-3-38(28-57)4-8-40)26-53(67)55-63-61-36-68(50)55/h1-12,23-26,30-32,36,45,47,58-59,62,70H,13-22,29,33-35H2. The third kappa shape index (κ3) is 8.22. The number of hydrogen-bond donors (Lipinski definition) is 4. The van der Waals surface area contributed by atoms with Crippen molar-refractivity contribution in [2.24, 2.45) is 0 Å². The molecule has 15 nitrogen and oxygen atoms in total. The van der Waals surface area contributed by atoms with Crippen LogP contribution < -0.4 is 20.9 Å². The van der Waals surface area contributed by atoms with Crippen LogP contribution >= 0.6 is 0 Å². The molecule has 4 aliphatic heterocycles. The van der Waals surface area contributed by atoms with Crippen molar-refractivity contribution in [1.82, 2.24) is 49.0 Å². The first-order chi connectivity index (χ1) is 34.5. The SMILES string of the molecule is N#Cc1ccc(-c2cc3n(c2)Cc2cc(N4CCC(N(CCO)CNCc5cnc6n5-c5ccc(NC7CCNCC7)cc5Cn5cc(-c7ccc(C#N)cc7)cc5-6)CC4)ccc2-n2cnnc2-3)cc1. The van der Waals surface area contributed by atoms with Gasteiger partial charge in [-0.3, -0.25) is 19.4 Å². The normalized spacial score (nSPS) is 15.4. The highest BCUT2D eigenvalue weighted by atomic mass is 16.3. The number of nitrogens with one attached hydrogen (secondary N) is 3. The van der Waals surface area contributed by atoms with Gasteiger partial charge in [-0.25, -0.2) is 4.98 Å². The van der Waals surface area contributed by atoms with Gasteiger partial charge >= 0.3 is 0 Å². The van der Waals surface area contributed by atoms with Crippen molar-refractivity contribution in [2.45, 2.75) is 57.4 Å². The number of imidazole rings is 1. The first-order valence-corrected chi connectivity index (χ1v) is 24.4. The van der Waals surface area contributed by atoms with Crippen LogP contribution in [0, 0.1) is 22.7 Å². The maximum atomic E-state index is 10.3. The Morgan fingerprint density at radius 3 is 2.06 bits per heavy atom. The topological polar surface area (TPSA) is 169 Å². The largest absolute Gasteiger partial charge is 0.395 e. The van der Waals surface area contributed by atoms with Crippen molar-refractivity contribution in [3.05, 3.63) is 150 Å². The van der Waals surface area contributed by atoms with Crippen LogP contribution in [-0.4, -0.2) is 102 Å². The molecule has 70 heavy (non-hydrogen) atoms. The van der Waals surface area contributed by atoms with Crippen LogP contribution in [0.4, 0.5) is 11.4 Å². The number of nitrogens with zero attached hydrogens (tertiary/aromatic N) is 11. The summed E-state index contributed by atoms with van der Waals surface area (Å²) < 4.78 is 8.98. The second kappa shape index (κ2) is 18.6. The lowest BCUT2D eigenvalue weighted by atomic mass is 10.0. The molecule has 0 saturated carbocycles. The maximum absolute atomic E-state index is 10.3. The lowest BCUT2D eigenvalue weighted by Crippen LogP contribution is -2.49. The van der Waals surface area contributed by atoms with Crippen molar-refractivity contribution >= 4 is 11.4 Å². The predicted octanol–water partition coefficient (Wildman–Crippen LogP) is 7.37. The fourth-order valence-electron chi connectivity index (χ4n) is 11.1. The third-order valence-corrected chi connectivity index (χ3v) is 14.7. The molecule has 8 heterocycles. The van der Waals surface area contributed by atoms with E-state index in [0.29, 0.717) is 56.1 Å².